The molecule has 0 aliphatic rings. The van der Waals surface area contributed by atoms with Gasteiger partial charge in [0.15, 0.2) is 5.75 Å². The van der Waals surface area contributed by atoms with Gasteiger partial charge in [-0.05, 0) is 38.0 Å². The summed E-state index contributed by atoms with van der Waals surface area (Å²) in [5.74, 6) is 0.223. The van der Waals surface area contributed by atoms with Crippen LogP contribution < -0.4 is 4.74 Å². The number of hydrogen-bond donors (Lipinski definition) is 0. The van der Waals surface area contributed by atoms with E-state index in [9.17, 15) is 10.1 Å². The second-order valence-corrected chi connectivity index (χ2v) is 4.01. The molecule has 0 aromatic heterocycles. The fourth-order valence-corrected chi connectivity index (χ4v) is 1.48. The molecule has 1 aromatic rings. The molecule has 0 aliphatic heterocycles. The van der Waals surface area contributed by atoms with Crippen LogP contribution >= 0.6 is 0 Å². The first-order valence-electron chi connectivity index (χ1n) is 5.27. The predicted molar refractivity (Wildman–Crippen MR) is 62.9 cm³/mol. The van der Waals surface area contributed by atoms with Gasteiger partial charge in [-0.1, -0.05) is 0 Å². The quantitative estimate of drug-likeness (QED) is 0.592. The molecule has 0 atom stereocenters. The first kappa shape index (κ1) is 13.0. The summed E-state index contributed by atoms with van der Waals surface area (Å²) in [6, 6.07) is 5.06. The minimum absolute atomic E-state index is 0.0575. The topological polar surface area (TPSA) is 76.2 Å². The molecule has 5 nitrogen and oxygen atoms in total. The van der Waals surface area contributed by atoms with Crippen LogP contribution in [-0.2, 0) is 6.42 Å². The van der Waals surface area contributed by atoms with E-state index in [2.05, 4.69) is 0 Å². The minimum Gasteiger partial charge on any atom is -0.484 e. The molecule has 5 heteroatoms. The third-order valence-electron chi connectivity index (χ3n) is 2.25. The molecular weight excluding hydrogens is 220 g/mol. The van der Waals surface area contributed by atoms with E-state index in [0.717, 1.165) is 11.1 Å². The largest absolute Gasteiger partial charge is 0.484 e. The van der Waals surface area contributed by atoms with Crippen molar-refractivity contribution in [3.8, 4) is 11.8 Å². The van der Waals surface area contributed by atoms with Gasteiger partial charge >= 0.3 is 5.69 Å². The van der Waals surface area contributed by atoms with Crippen LogP contribution in [0.15, 0.2) is 12.1 Å². The zero-order valence-electron chi connectivity index (χ0n) is 10.1. The monoisotopic (exact) mass is 234 g/mol. The highest BCUT2D eigenvalue weighted by Gasteiger charge is 2.18. The number of nitriles is 1. The molecule has 0 spiro atoms. The average Bonchev–Trinajstić information content (AvgIpc) is 2.21. The Kier molecular flexibility index (Phi) is 4.05. The van der Waals surface area contributed by atoms with Crippen molar-refractivity contribution in [2.24, 2.45) is 0 Å². The Morgan fingerprint density at radius 1 is 1.53 bits per heavy atom. The van der Waals surface area contributed by atoms with Gasteiger partial charge in [-0.2, -0.15) is 5.26 Å². The molecule has 0 fully saturated rings. The Morgan fingerprint density at radius 2 is 2.18 bits per heavy atom. The summed E-state index contributed by atoms with van der Waals surface area (Å²) in [6.07, 6.45) is 0.0736. The maximum atomic E-state index is 10.9. The van der Waals surface area contributed by atoms with E-state index in [1.807, 2.05) is 6.07 Å². The van der Waals surface area contributed by atoms with Gasteiger partial charge < -0.3 is 4.74 Å². The Morgan fingerprint density at radius 3 is 2.65 bits per heavy atom. The number of nitro groups is 1. The number of ether oxygens (including phenoxy) is 1. The number of aryl methyl sites for hydroxylation is 1. The fourth-order valence-electron chi connectivity index (χ4n) is 1.48. The van der Waals surface area contributed by atoms with Crippen LogP contribution in [0.4, 0.5) is 5.69 Å². The van der Waals surface area contributed by atoms with Crippen LogP contribution in [0.25, 0.3) is 0 Å². The van der Waals surface area contributed by atoms with Crippen molar-refractivity contribution < 1.29 is 9.66 Å². The summed E-state index contributed by atoms with van der Waals surface area (Å²) < 4.78 is 5.40. The van der Waals surface area contributed by atoms with Crippen LogP contribution in [0.5, 0.6) is 5.75 Å². The Bertz CT molecular complexity index is 475. The third-order valence-corrected chi connectivity index (χ3v) is 2.25. The highest BCUT2D eigenvalue weighted by atomic mass is 16.6. The van der Waals surface area contributed by atoms with E-state index >= 15 is 0 Å². The number of hydrogen-bond acceptors (Lipinski definition) is 4. The van der Waals surface area contributed by atoms with Gasteiger partial charge in [-0.3, -0.25) is 10.1 Å². The predicted octanol–water partition coefficient (Wildman–Crippen LogP) is 2.76. The lowest BCUT2D eigenvalue weighted by atomic mass is 10.0. The molecule has 0 heterocycles. The van der Waals surface area contributed by atoms with E-state index in [-0.39, 0.29) is 24.0 Å². The van der Waals surface area contributed by atoms with Gasteiger partial charge in [0, 0.05) is 6.07 Å². The molecular formula is C12H14N2O3. The molecule has 0 radical (unpaired) electrons. The standard InChI is InChI=1S/C12H14N2O3/c1-8(2)17-12-7-10(4-5-13)9(3)6-11(12)14(15)16/h6-8H,4H2,1-3H3. The van der Waals surface area contributed by atoms with Crippen molar-refractivity contribution in [2.75, 3.05) is 0 Å². The average molecular weight is 234 g/mol. The molecule has 1 aromatic carbocycles. The maximum Gasteiger partial charge on any atom is 0.311 e. The molecule has 0 saturated heterocycles. The second kappa shape index (κ2) is 5.30. The number of nitro benzene ring substituents is 1. The van der Waals surface area contributed by atoms with Crippen molar-refractivity contribution in [1.29, 1.82) is 5.26 Å². The summed E-state index contributed by atoms with van der Waals surface area (Å²) in [7, 11) is 0. The molecule has 0 unspecified atom stereocenters. The first-order chi connectivity index (χ1) is 7.95. The van der Waals surface area contributed by atoms with Crippen LogP contribution in [0, 0.1) is 28.4 Å². The van der Waals surface area contributed by atoms with Crippen LogP contribution in [0.1, 0.15) is 25.0 Å². The van der Waals surface area contributed by atoms with Crippen molar-refractivity contribution in [1.82, 2.24) is 0 Å². The molecule has 0 amide bonds. The number of benzene rings is 1. The molecule has 90 valence electrons. The van der Waals surface area contributed by atoms with Crippen molar-refractivity contribution in [3.63, 3.8) is 0 Å². The highest BCUT2D eigenvalue weighted by molar-refractivity contribution is 5.52. The summed E-state index contributed by atoms with van der Waals surface area (Å²) in [5, 5.41) is 19.6. The zero-order chi connectivity index (χ0) is 13.0. The smallest absolute Gasteiger partial charge is 0.311 e. The van der Waals surface area contributed by atoms with E-state index in [4.69, 9.17) is 10.00 Å². The van der Waals surface area contributed by atoms with Gasteiger partial charge in [0.05, 0.1) is 23.5 Å². The number of rotatable bonds is 4. The lowest BCUT2D eigenvalue weighted by Crippen LogP contribution is -2.08. The third kappa shape index (κ3) is 3.18. The van der Waals surface area contributed by atoms with Gasteiger partial charge in [0.1, 0.15) is 0 Å². The Hall–Kier alpha value is -2.09. The Labute approximate surface area is 99.8 Å². The van der Waals surface area contributed by atoms with Crippen molar-refractivity contribution in [3.05, 3.63) is 33.4 Å². The van der Waals surface area contributed by atoms with Crippen LogP contribution in [0.3, 0.4) is 0 Å². The van der Waals surface area contributed by atoms with E-state index in [1.165, 1.54) is 6.07 Å². The van der Waals surface area contributed by atoms with Gasteiger partial charge in [0.25, 0.3) is 0 Å². The summed E-state index contributed by atoms with van der Waals surface area (Å²) in [4.78, 5) is 10.4. The fraction of sp³-hybridized carbons (Fsp3) is 0.417. The molecule has 17 heavy (non-hydrogen) atoms. The summed E-state index contributed by atoms with van der Waals surface area (Å²) in [5.41, 5.74) is 1.43. The summed E-state index contributed by atoms with van der Waals surface area (Å²) >= 11 is 0. The minimum atomic E-state index is -0.471. The highest BCUT2D eigenvalue weighted by Crippen LogP contribution is 2.31. The maximum absolute atomic E-state index is 10.9. The summed E-state index contributed by atoms with van der Waals surface area (Å²) in [6.45, 7) is 5.35. The Balaban J connectivity index is 3.27. The lowest BCUT2D eigenvalue weighted by Gasteiger charge is -2.12. The van der Waals surface area contributed by atoms with Crippen molar-refractivity contribution in [2.45, 2.75) is 33.3 Å². The normalized spacial score (nSPS) is 10.1. The second-order valence-electron chi connectivity index (χ2n) is 4.01. The van der Waals surface area contributed by atoms with E-state index in [1.54, 1.807) is 26.8 Å². The van der Waals surface area contributed by atoms with Gasteiger partial charge in [0.2, 0.25) is 0 Å². The SMILES string of the molecule is Cc1cc([N+](=O)[O-])c(OC(C)C)cc1CC#N. The molecule has 1 rings (SSSR count). The van der Waals surface area contributed by atoms with Crippen molar-refractivity contribution >= 4 is 5.69 Å². The van der Waals surface area contributed by atoms with Gasteiger partial charge in [-0.15, -0.1) is 0 Å². The molecule has 0 bridgehead atoms. The number of nitrogens with zero attached hydrogens (tertiary/aromatic N) is 2. The molecule has 0 saturated carbocycles. The lowest BCUT2D eigenvalue weighted by molar-refractivity contribution is -0.386. The van der Waals surface area contributed by atoms with E-state index < -0.39 is 4.92 Å². The van der Waals surface area contributed by atoms with Crippen LogP contribution in [-0.4, -0.2) is 11.0 Å². The molecule has 0 aliphatic carbocycles. The first-order valence-corrected chi connectivity index (χ1v) is 5.27. The van der Waals surface area contributed by atoms with E-state index in [0.29, 0.717) is 0 Å². The van der Waals surface area contributed by atoms with Gasteiger partial charge in [-0.25, -0.2) is 0 Å². The zero-order valence-corrected chi connectivity index (χ0v) is 10.1. The van der Waals surface area contributed by atoms with Crippen LogP contribution in [0.2, 0.25) is 0 Å². The molecule has 0 N–H and O–H groups in total.